The van der Waals surface area contributed by atoms with Gasteiger partial charge < -0.3 is 20.0 Å². The third-order valence-corrected chi connectivity index (χ3v) is 9.26. The summed E-state index contributed by atoms with van der Waals surface area (Å²) >= 11 is 0. The van der Waals surface area contributed by atoms with Crippen molar-refractivity contribution >= 4 is 33.2 Å². The maximum absolute atomic E-state index is 12.4. The largest absolute Gasteiger partial charge is 0.371 e. The molecule has 214 valence electrons. The Labute approximate surface area is 239 Å². The fraction of sp³-hybridized carbons (Fsp3) is 0.484. The number of nitrogens with one attached hydrogen (secondary N) is 1. The van der Waals surface area contributed by atoms with Gasteiger partial charge in [-0.15, -0.1) is 0 Å². The molecule has 3 aliphatic rings. The van der Waals surface area contributed by atoms with Crippen molar-refractivity contribution in [3.05, 3.63) is 65.6 Å². The molecule has 0 amide bonds. The van der Waals surface area contributed by atoms with E-state index in [1.54, 1.807) is 24.5 Å². The van der Waals surface area contributed by atoms with Gasteiger partial charge in [0.2, 0.25) is 0 Å². The summed E-state index contributed by atoms with van der Waals surface area (Å²) in [6, 6.07) is 9.93. The lowest BCUT2D eigenvalue weighted by atomic mass is 10.0. The minimum absolute atomic E-state index is 0.244. The Morgan fingerprint density at radius 2 is 1.93 bits per heavy atom. The number of fused-ring (bicyclic) bond motifs is 1. The monoisotopic (exact) mass is 562 g/mol. The summed E-state index contributed by atoms with van der Waals surface area (Å²) in [5, 5.41) is 3.56. The first-order valence-corrected chi connectivity index (χ1v) is 16.4. The van der Waals surface area contributed by atoms with Gasteiger partial charge in [0, 0.05) is 60.9 Å². The number of likely N-dealkylation sites (tertiary alicyclic amines) is 1. The van der Waals surface area contributed by atoms with Crippen LogP contribution in [0, 0.1) is 0 Å². The zero-order valence-electron chi connectivity index (χ0n) is 23.9. The van der Waals surface area contributed by atoms with Crippen molar-refractivity contribution in [1.82, 2.24) is 9.88 Å². The number of hydrogen-bond donors (Lipinski definition) is 1. The molecule has 40 heavy (non-hydrogen) atoms. The number of piperidine rings is 1. The lowest BCUT2D eigenvalue weighted by Gasteiger charge is -2.32. The van der Waals surface area contributed by atoms with Crippen LogP contribution in [0.15, 0.2) is 70.0 Å². The SMILES string of the molecule is C=C(Nc1ccc2c(c1)N(CCCN1CCCCC1)CC2)C1=C(N=CC)CN(c2ncccc2S(C)(=O)=O)CC1. The maximum Gasteiger partial charge on any atom is 0.179 e. The molecule has 1 N–H and O–H groups in total. The van der Waals surface area contributed by atoms with E-state index in [-0.39, 0.29) is 4.90 Å². The van der Waals surface area contributed by atoms with Crippen molar-refractivity contribution < 1.29 is 8.42 Å². The zero-order chi connectivity index (χ0) is 28.1. The molecule has 9 heteroatoms. The van der Waals surface area contributed by atoms with E-state index in [1.807, 2.05) is 11.8 Å². The number of hydrogen-bond acceptors (Lipinski definition) is 8. The van der Waals surface area contributed by atoms with Crippen molar-refractivity contribution in [2.24, 2.45) is 4.99 Å². The molecular formula is C31H42N6O2S. The molecule has 4 heterocycles. The van der Waals surface area contributed by atoms with Crippen LogP contribution in [0.2, 0.25) is 0 Å². The van der Waals surface area contributed by atoms with E-state index in [0.29, 0.717) is 25.3 Å². The van der Waals surface area contributed by atoms with Crippen molar-refractivity contribution in [3.8, 4) is 0 Å². The van der Waals surface area contributed by atoms with E-state index in [2.05, 4.69) is 49.9 Å². The average molecular weight is 563 g/mol. The summed E-state index contributed by atoms with van der Waals surface area (Å²) < 4.78 is 24.8. The number of benzene rings is 1. The Morgan fingerprint density at radius 1 is 1.10 bits per heavy atom. The molecule has 0 unspecified atom stereocenters. The number of allylic oxidation sites excluding steroid dienone is 1. The highest BCUT2D eigenvalue weighted by Crippen LogP contribution is 2.34. The molecule has 0 atom stereocenters. The van der Waals surface area contributed by atoms with Gasteiger partial charge in [0.15, 0.2) is 9.84 Å². The predicted molar refractivity (Wildman–Crippen MR) is 165 cm³/mol. The summed E-state index contributed by atoms with van der Waals surface area (Å²) in [4.78, 5) is 16.5. The van der Waals surface area contributed by atoms with Crippen molar-refractivity contribution in [2.75, 3.05) is 67.2 Å². The molecule has 0 aliphatic carbocycles. The molecule has 1 saturated heterocycles. The van der Waals surface area contributed by atoms with Crippen LogP contribution in [0.5, 0.6) is 0 Å². The number of aromatic nitrogens is 1. The minimum Gasteiger partial charge on any atom is -0.371 e. The molecule has 1 aromatic heterocycles. The highest BCUT2D eigenvalue weighted by atomic mass is 32.2. The minimum atomic E-state index is -3.40. The fourth-order valence-corrected chi connectivity index (χ4v) is 6.95. The van der Waals surface area contributed by atoms with E-state index in [4.69, 9.17) is 0 Å². The average Bonchev–Trinajstić information content (AvgIpc) is 3.35. The highest BCUT2D eigenvalue weighted by molar-refractivity contribution is 7.90. The molecule has 5 rings (SSSR count). The Kier molecular flexibility index (Phi) is 8.90. The van der Waals surface area contributed by atoms with Gasteiger partial charge in [-0.2, -0.15) is 0 Å². The van der Waals surface area contributed by atoms with Crippen LogP contribution in [-0.4, -0.2) is 76.6 Å². The van der Waals surface area contributed by atoms with E-state index in [9.17, 15) is 8.42 Å². The Hall–Kier alpha value is -3.17. The fourth-order valence-electron chi connectivity index (χ4n) is 6.11. The van der Waals surface area contributed by atoms with Gasteiger partial charge in [0.25, 0.3) is 0 Å². The number of pyridine rings is 1. The molecule has 0 saturated carbocycles. The van der Waals surface area contributed by atoms with E-state index in [0.717, 1.165) is 42.2 Å². The number of nitrogens with zero attached hydrogens (tertiary/aromatic N) is 5. The number of sulfone groups is 1. The second-order valence-corrected chi connectivity index (χ2v) is 13.0. The molecule has 1 fully saturated rings. The summed E-state index contributed by atoms with van der Waals surface area (Å²) in [5.74, 6) is 0.477. The normalized spacial score (nSPS) is 18.4. The maximum atomic E-state index is 12.4. The number of anilines is 3. The van der Waals surface area contributed by atoms with E-state index < -0.39 is 9.84 Å². The Morgan fingerprint density at radius 3 is 2.70 bits per heavy atom. The molecule has 3 aliphatic heterocycles. The first kappa shape index (κ1) is 28.4. The van der Waals surface area contributed by atoms with Gasteiger partial charge >= 0.3 is 0 Å². The highest BCUT2D eigenvalue weighted by Gasteiger charge is 2.26. The van der Waals surface area contributed by atoms with Crippen LogP contribution in [0.1, 0.15) is 44.6 Å². The van der Waals surface area contributed by atoms with Gasteiger partial charge in [-0.05, 0) is 88.5 Å². The zero-order valence-corrected chi connectivity index (χ0v) is 24.7. The van der Waals surface area contributed by atoms with Crippen LogP contribution in [0.25, 0.3) is 0 Å². The summed E-state index contributed by atoms with van der Waals surface area (Å²) in [5.41, 5.74) is 6.54. The second kappa shape index (κ2) is 12.6. The number of aliphatic imine (C=N–C) groups is 1. The Balaban J connectivity index is 1.27. The summed E-state index contributed by atoms with van der Waals surface area (Å²) in [6.07, 6.45) is 11.7. The summed E-state index contributed by atoms with van der Waals surface area (Å²) in [7, 11) is -3.40. The van der Waals surface area contributed by atoms with Crippen LogP contribution in [-0.2, 0) is 16.3 Å². The standard InChI is InChI=1S/C31H42N6O2S/c1-4-32-28-23-37(31-30(40(3,38)39)10-8-15-33-31)21-14-27(28)24(2)34-26-12-11-25-13-20-36(29(25)22-26)19-9-18-35-16-6-5-7-17-35/h4,8,10-12,15,22,34H,2,5-7,9,13-14,16-21,23H2,1,3H3. The van der Waals surface area contributed by atoms with Gasteiger partial charge in [-0.3, -0.25) is 4.99 Å². The van der Waals surface area contributed by atoms with Crippen molar-refractivity contribution in [3.63, 3.8) is 0 Å². The lowest BCUT2D eigenvalue weighted by molar-refractivity contribution is 0.227. The molecule has 1 aromatic carbocycles. The topological polar surface area (TPSA) is 81.1 Å². The van der Waals surface area contributed by atoms with Gasteiger partial charge in [-0.1, -0.05) is 19.1 Å². The third kappa shape index (κ3) is 6.58. The molecule has 2 aromatic rings. The van der Waals surface area contributed by atoms with Crippen molar-refractivity contribution in [2.45, 2.75) is 50.3 Å². The van der Waals surface area contributed by atoms with Crippen LogP contribution >= 0.6 is 0 Å². The third-order valence-electron chi connectivity index (χ3n) is 8.14. The Bertz CT molecular complexity index is 1390. The lowest BCUT2D eigenvalue weighted by Crippen LogP contribution is -2.34. The van der Waals surface area contributed by atoms with Crippen molar-refractivity contribution in [1.29, 1.82) is 0 Å². The first-order chi connectivity index (χ1) is 19.3. The van der Waals surface area contributed by atoms with Crippen LogP contribution < -0.4 is 15.1 Å². The molecular weight excluding hydrogens is 520 g/mol. The second-order valence-electron chi connectivity index (χ2n) is 11.0. The molecule has 8 nitrogen and oxygen atoms in total. The molecule has 0 spiro atoms. The van der Waals surface area contributed by atoms with Gasteiger partial charge in [0.05, 0.1) is 12.2 Å². The smallest absolute Gasteiger partial charge is 0.179 e. The van der Waals surface area contributed by atoms with Crippen LogP contribution in [0.3, 0.4) is 0 Å². The summed E-state index contributed by atoms with van der Waals surface area (Å²) in [6.45, 7) is 13.2. The first-order valence-electron chi connectivity index (χ1n) is 14.5. The van der Waals surface area contributed by atoms with E-state index >= 15 is 0 Å². The number of rotatable bonds is 10. The quantitative estimate of drug-likeness (QED) is 0.413. The predicted octanol–water partition coefficient (Wildman–Crippen LogP) is 4.90. The van der Waals surface area contributed by atoms with Gasteiger partial charge in [-0.25, -0.2) is 13.4 Å². The van der Waals surface area contributed by atoms with Gasteiger partial charge in [0.1, 0.15) is 10.7 Å². The molecule has 0 radical (unpaired) electrons. The molecule has 0 bridgehead atoms. The van der Waals surface area contributed by atoms with E-state index in [1.165, 1.54) is 62.8 Å². The van der Waals surface area contributed by atoms with Crippen LogP contribution in [0.4, 0.5) is 17.2 Å².